The van der Waals surface area contributed by atoms with Crippen LogP contribution in [-0.2, 0) is 0 Å². The van der Waals surface area contributed by atoms with Crippen LogP contribution in [0.4, 0.5) is 5.69 Å². The number of halogens is 2. The fraction of sp³-hybridized carbons (Fsp3) is 0.455. The van der Waals surface area contributed by atoms with Gasteiger partial charge in [0, 0.05) is 21.2 Å². The Labute approximate surface area is 113 Å². The molecule has 0 heterocycles. The van der Waals surface area contributed by atoms with Gasteiger partial charge in [0.05, 0.1) is 0 Å². The van der Waals surface area contributed by atoms with Gasteiger partial charge in [-0.2, -0.15) is 11.8 Å². The third kappa shape index (κ3) is 5.27. The van der Waals surface area contributed by atoms with E-state index in [9.17, 15) is 0 Å². The molecule has 0 aliphatic heterocycles. The Morgan fingerprint density at radius 2 is 2.13 bits per heavy atom. The van der Waals surface area contributed by atoms with Gasteiger partial charge in [-0.3, -0.25) is 0 Å². The first-order valence-electron chi connectivity index (χ1n) is 5.00. The van der Waals surface area contributed by atoms with Crippen LogP contribution in [0.5, 0.6) is 0 Å². The fourth-order valence-corrected chi connectivity index (χ4v) is 2.56. The van der Waals surface area contributed by atoms with E-state index in [0.717, 1.165) is 21.2 Å². The highest BCUT2D eigenvalue weighted by atomic mass is 79.9. The van der Waals surface area contributed by atoms with E-state index in [1.54, 1.807) is 0 Å². The summed E-state index contributed by atoms with van der Waals surface area (Å²) in [5.41, 5.74) is 1.16. The predicted octanol–water partition coefficient (Wildman–Crippen LogP) is 4.77. The zero-order valence-electron chi connectivity index (χ0n) is 8.72. The van der Waals surface area contributed by atoms with Crippen molar-refractivity contribution < 1.29 is 0 Å². The van der Waals surface area contributed by atoms with Crippen LogP contribution in [0.25, 0.3) is 0 Å². The highest BCUT2D eigenvalue weighted by Gasteiger charge is 1.99. The van der Waals surface area contributed by atoms with Gasteiger partial charge < -0.3 is 5.32 Å². The molecule has 0 saturated carbocycles. The van der Waals surface area contributed by atoms with Crippen LogP contribution in [-0.4, -0.2) is 18.1 Å². The monoisotopic (exact) mass is 351 g/mol. The average molecular weight is 353 g/mol. The molecule has 0 radical (unpaired) electrons. The van der Waals surface area contributed by atoms with Crippen molar-refractivity contribution in [3.63, 3.8) is 0 Å². The molecule has 4 heteroatoms. The third-order valence-electron chi connectivity index (χ3n) is 1.91. The topological polar surface area (TPSA) is 12.0 Å². The van der Waals surface area contributed by atoms with Crippen LogP contribution in [0.1, 0.15) is 13.3 Å². The summed E-state index contributed by atoms with van der Waals surface area (Å²) in [5, 5.41) is 3.42. The number of hydrogen-bond acceptors (Lipinski definition) is 2. The number of thioether (sulfide) groups is 1. The van der Waals surface area contributed by atoms with E-state index in [-0.39, 0.29) is 0 Å². The third-order valence-corrected chi connectivity index (χ3v) is 4.08. The second kappa shape index (κ2) is 7.58. The van der Waals surface area contributed by atoms with Crippen molar-refractivity contribution in [2.45, 2.75) is 13.3 Å². The molecule has 0 aromatic heterocycles. The molecule has 84 valence electrons. The molecule has 0 fully saturated rings. The molecular weight excluding hydrogens is 338 g/mol. The van der Waals surface area contributed by atoms with Gasteiger partial charge in [-0.25, -0.2) is 0 Å². The van der Waals surface area contributed by atoms with Crippen molar-refractivity contribution in [1.29, 1.82) is 0 Å². The molecule has 15 heavy (non-hydrogen) atoms. The molecule has 1 N–H and O–H groups in total. The van der Waals surface area contributed by atoms with Gasteiger partial charge in [0.2, 0.25) is 0 Å². The molecule has 0 aliphatic rings. The predicted molar refractivity (Wildman–Crippen MR) is 77.9 cm³/mol. The van der Waals surface area contributed by atoms with E-state index in [4.69, 9.17) is 0 Å². The largest absolute Gasteiger partial charge is 0.384 e. The molecule has 1 rings (SSSR count). The van der Waals surface area contributed by atoms with Crippen molar-refractivity contribution in [3.8, 4) is 0 Å². The van der Waals surface area contributed by atoms with Gasteiger partial charge in [0.25, 0.3) is 0 Å². The number of anilines is 1. The molecule has 1 aromatic carbocycles. The molecule has 0 aliphatic carbocycles. The second-order valence-corrected chi connectivity index (χ2v) is 6.27. The SMILES string of the molecule is CCSCCCNc1cc(Br)ccc1Br. The highest BCUT2D eigenvalue weighted by Crippen LogP contribution is 2.26. The van der Waals surface area contributed by atoms with Gasteiger partial charge in [-0.15, -0.1) is 0 Å². The maximum atomic E-state index is 3.52. The van der Waals surface area contributed by atoms with Crippen molar-refractivity contribution in [3.05, 3.63) is 27.1 Å². The standard InChI is InChI=1S/C11H15Br2NS/c1-2-15-7-3-6-14-11-8-9(12)4-5-10(11)13/h4-5,8,14H,2-3,6-7H2,1H3. The second-order valence-electron chi connectivity index (χ2n) is 3.10. The van der Waals surface area contributed by atoms with Crippen LogP contribution in [0.15, 0.2) is 27.1 Å². The van der Waals surface area contributed by atoms with Crippen molar-refractivity contribution >= 4 is 49.3 Å². The molecule has 1 nitrogen and oxygen atoms in total. The Morgan fingerprint density at radius 1 is 1.33 bits per heavy atom. The lowest BCUT2D eigenvalue weighted by atomic mass is 10.3. The first kappa shape index (κ1) is 13.4. The summed E-state index contributed by atoms with van der Waals surface area (Å²) in [6.45, 7) is 3.23. The minimum atomic E-state index is 1.03. The molecule has 0 unspecified atom stereocenters. The van der Waals surface area contributed by atoms with E-state index in [1.165, 1.54) is 17.9 Å². The molecule has 0 atom stereocenters. The van der Waals surface area contributed by atoms with Crippen LogP contribution >= 0.6 is 43.6 Å². The van der Waals surface area contributed by atoms with E-state index < -0.39 is 0 Å². The van der Waals surface area contributed by atoms with Gasteiger partial charge in [-0.05, 0) is 52.1 Å². The maximum absolute atomic E-state index is 3.52. The minimum absolute atomic E-state index is 1.03. The van der Waals surface area contributed by atoms with Crippen molar-refractivity contribution in [2.24, 2.45) is 0 Å². The van der Waals surface area contributed by atoms with E-state index in [1.807, 2.05) is 23.9 Å². The molecule has 0 bridgehead atoms. The van der Waals surface area contributed by atoms with Gasteiger partial charge in [-0.1, -0.05) is 22.9 Å². The summed E-state index contributed by atoms with van der Waals surface area (Å²) in [7, 11) is 0. The van der Waals surface area contributed by atoms with Gasteiger partial charge in [0.15, 0.2) is 0 Å². The maximum Gasteiger partial charge on any atom is 0.0495 e. The van der Waals surface area contributed by atoms with Gasteiger partial charge in [0.1, 0.15) is 0 Å². The summed E-state index contributed by atoms with van der Waals surface area (Å²) in [4.78, 5) is 0. The van der Waals surface area contributed by atoms with Crippen LogP contribution in [0, 0.1) is 0 Å². The van der Waals surface area contributed by atoms with E-state index in [2.05, 4.69) is 50.2 Å². The summed E-state index contributed by atoms with van der Waals surface area (Å²) in [5.74, 6) is 2.44. The smallest absolute Gasteiger partial charge is 0.0495 e. The number of hydrogen-bond donors (Lipinski definition) is 1. The normalized spacial score (nSPS) is 10.3. The first-order chi connectivity index (χ1) is 7.24. The summed E-state index contributed by atoms with van der Waals surface area (Å²) < 4.78 is 2.23. The van der Waals surface area contributed by atoms with E-state index >= 15 is 0 Å². The van der Waals surface area contributed by atoms with E-state index in [0.29, 0.717) is 0 Å². The minimum Gasteiger partial charge on any atom is -0.384 e. The molecule has 0 saturated heterocycles. The highest BCUT2D eigenvalue weighted by molar-refractivity contribution is 9.11. The van der Waals surface area contributed by atoms with Crippen LogP contribution in [0.3, 0.4) is 0 Å². The lowest BCUT2D eigenvalue weighted by molar-refractivity contribution is 0.990. The molecule has 1 aromatic rings. The Hall–Kier alpha value is 0.330. The summed E-state index contributed by atoms with van der Waals surface area (Å²) in [6, 6.07) is 6.17. The van der Waals surface area contributed by atoms with Crippen molar-refractivity contribution in [2.75, 3.05) is 23.4 Å². The number of benzene rings is 1. The fourth-order valence-electron chi connectivity index (χ4n) is 1.17. The zero-order chi connectivity index (χ0) is 11.1. The number of nitrogens with one attached hydrogen (secondary N) is 1. The Morgan fingerprint density at radius 3 is 2.87 bits per heavy atom. The Kier molecular flexibility index (Phi) is 6.77. The zero-order valence-corrected chi connectivity index (χ0v) is 12.7. The lowest BCUT2D eigenvalue weighted by Gasteiger charge is -2.08. The summed E-state index contributed by atoms with van der Waals surface area (Å²) in [6.07, 6.45) is 1.21. The Bertz CT molecular complexity index is 305. The number of rotatable bonds is 6. The Balaban J connectivity index is 2.33. The average Bonchev–Trinajstić information content (AvgIpc) is 2.23. The quantitative estimate of drug-likeness (QED) is 0.740. The molecule has 0 amide bonds. The molecular formula is C11H15Br2NS. The first-order valence-corrected chi connectivity index (χ1v) is 7.74. The molecule has 0 spiro atoms. The van der Waals surface area contributed by atoms with Crippen LogP contribution < -0.4 is 5.32 Å². The summed E-state index contributed by atoms with van der Waals surface area (Å²) >= 11 is 8.98. The van der Waals surface area contributed by atoms with Crippen LogP contribution in [0.2, 0.25) is 0 Å². The lowest BCUT2D eigenvalue weighted by Crippen LogP contribution is -2.03. The van der Waals surface area contributed by atoms with Crippen molar-refractivity contribution in [1.82, 2.24) is 0 Å². The van der Waals surface area contributed by atoms with Gasteiger partial charge >= 0.3 is 0 Å².